The van der Waals surface area contributed by atoms with Crippen molar-refractivity contribution in [2.24, 2.45) is 0 Å². The molecule has 3 heterocycles. The van der Waals surface area contributed by atoms with Gasteiger partial charge in [-0.2, -0.15) is 18.4 Å². The van der Waals surface area contributed by atoms with E-state index < -0.39 is 40.1 Å². The maximum atomic E-state index is 15.2. The molecule has 2 aromatic heterocycles. The van der Waals surface area contributed by atoms with Gasteiger partial charge in [0.05, 0.1) is 41.4 Å². The van der Waals surface area contributed by atoms with E-state index in [0.29, 0.717) is 12.5 Å². The Morgan fingerprint density at radius 3 is 2.43 bits per heavy atom. The highest BCUT2D eigenvalue weighted by molar-refractivity contribution is 7.81. The van der Waals surface area contributed by atoms with Crippen LogP contribution in [-0.4, -0.2) is 33.1 Å². The van der Waals surface area contributed by atoms with Crippen molar-refractivity contribution in [2.45, 2.75) is 38.9 Å². The molecule has 0 radical (unpaired) electrons. The van der Waals surface area contributed by atoms with E-state index in [1.807, 2.05) is 0 Å². The number of aryl methyl sites for hydroxylation is 1. The quantitative estimate of drug-likeness (QED) is 0.367. The number of thiocarbonyl (C=S) groups is 1. The van der Waals surface area contributed by atoms with Crippen molar-refractivity contribution in [1.29, 1.82) is 5.26 Å². The van der Waals surface area contributed by atoms with E-state index in [2.05, 4.69) is 4.98 Å². The maximum absolute atomic E-state index is 15.2. The largest absolute Gasteiger partial charge is 0.490 e. The molecule has 8 nitrogen and oxygen atoms in total. The van der Waals surface area contributed by atoms with Crippen LogP contribution < -0.4 is 20.1 Å². The minimum absolute atomic E-state index is 0.00394. The number of anilines is 2. The van der Waals surface area contributed by atoms with Gasteiger partial charge in [-0.05, 0) is 50.7 Å². The Morgan fingerprint density at radius 1 is 1.19 bits per heavy atom. The monoisotopic (exact) mass is 533 g/mol. The summed E-state index contributed by atoms with van der Waals surface area (Å²) in [5.74, 6) is -1.65. The molecule has 1 saturated heterocycles. The number of halogens is 4. The van der Waals surface area contributed by atoms with Gasteiger partial charge in [-0.25, -0.2) is 9.37 Å². The molecule has 0 saturated carbocycles. The maximum Gasteiger partial charge on any atom is 0.417 e. The second-order valence-corrected chi connectivity index (χ2v) is 9.01. The Labute approximate surface area is 213 Å². The zero-order valence-corrected chi connectivity index (χ0v) is 20.8. The number of benzene rings is 1. The minimum Gasteiger partial charge on any atom is -0.490 e. The van der Waals surface area contributed by atoms with Gasteiger partial charge in [-0.3, -0.25) is 18.9 Å². The fraction of sp³-hybridized carbons (Fsp3) is 0.292. The van der Waals surface area contributed by atoms with E-state index in [-0.39, 0.29) is 33.6 Å². The number of alkyl halides is 3. The third kappa shape index (κ3) is 3.97. The van der Waals surface area contributed by atoms with Crippen molar-refractivity contribution in [3.05, 3.63) is 63.5 Å². The predicted molar refractivity (Wildman–Crippen MR) is 130 cm³/mol. The first kappa shape index (κ1) is 26.0. The Bertz CT molecular complexity index is 1580. The molecule has 1 fully saturated rings. The van der Waals surface area contributed by atoms with Crippen LogP contribution in [0, 0.1) is 17.1 Å². The number of amides is 1. The summed E-state index contributed by atoms with van der Waals surface area (Å²) in [4.78, 5) is 32.7. The van der Waals surface area contributed by atoms with E-state index in [9.17, 15) is 22.8 Å². The third-order valence-corrected chi connectivity index (χ3v) is 6.41. The fourth-order valence-electron chi connectivity index (χ4n) is 4.24. The smallest absolute Gasteiger partial charge is 0.417 e. The predicted octanol–water partition coefficient (Wildman–Crippen LogP) is 4.21. The molecule has 0 spiro atoms. The number of rotatable bonds is 4. The van der Waals surface area contributed by atoms with Gasteiger partial charge in [0.1, 0.15) is 5.54 Å². The van der Waals surface area contributed by atoms with E-state index in [1.165, 1.54) is 44.2 Å². The summed E-state index contributed by atoms with van der Waals surface area (Å²) in [5.41, 5.74) is -4.23. The fourth-order valence-corrected chi connectivity index (χ4v) is 4.76. The second kappa shape index (κ2) is 8.81. The van der Waals surface area contributed by atoms with Crippen LogP contribution in [0.25, 0.3) is 5.65 Å². The summed E-state index contributed by atoms with van der Waals surface area (Å²) in [6.45, 7) is 4.64. The van der Waals surface area contributed by atoms with Crippen molar-refractivity contribution >= 4 is 40.3 Å². The van der Waals surface area contributed by atoms with Crippen molar-refractivity contribution in [2.75, 3.05) is 16.9 Å². The normalized spacial score (nSPS) is 15.4. The molecule has 1 aliphatic rings. The van der Waals surface area contributed by atoms with Gasteiger partial charge >= 0.3 is 11.7 Å². The summed E-state index contributed by atoms with van der Waals surface area (Å²) in [6, 6.07) is 5.30. The molecule has 13 heteroatoms. The Hall–Kier alpha value is -4.05. The number of nitriles is 1. The molecule has 37 heavy (non-hydrogen) atoms. The lowest BCUT2D eigenvalue weighted by Gasteiger charge is -2.29. The van der Waals surface area contributed by atoms with Gasteiger partial charge in [0.25, 0.3) is 5.91 Å². The van der Waals surface area contributed by atoms with Crippen LogP contribution in [0.2, 0.25) is 0 Å². The number of pyridine rings is 1. The molecule has 0 aliphatic carbocycles. The minimum atomic E-state index is -4.85. The highest BCUT2D eigenvalue weighted by Crippen LogP contribution is 2.39. The molecule has 0 unspecified atom stereocenters. The number of fused-ring (bicyclic) bond motifs is 1. The van der Waals surface area contributed by atoms with Crippen LogP contribution >= 0.6 is 12.2 Å². The molecule has 1 aliphatic heterocycles. The van der Waals surface area contributed by atoms with Crippen molar-refractivity contribution in [3.63, 3.8) is 0 Å². The lowest BCUT2D eigenvalue weighted by Crippen LogP contribution is -2.44. The van der Waals surface area contributed by atoms with Gasteiger partial charge in [-0.1, -0.05) is 6.92 Å². The summed E-state index contributed by atoms with van der Waals surface area (Å²) in [6.07, 6.45) is -3.31. The van der Waals surface area contributed by atoms with Crippen LogP contribution in [-0.2, 0) is 17.4 Å². The summed E-state index contributed by atoms with van der Waals surface area (Å²) in [7, 11) is 1.28. The molecular formula is C24H19F4N5O3S. The molecule has 192 valence electrons. The Kier molecular flexibility index (Phi) is 6.19. The van der Waals surface area contributed by atoms with Crippen molar-refractivity contribution in [3.8, 4) is 11.8 Å². The molecule has 0 atom stereocenters. The van der Waals surface area contributed by atoms with Gasteiger partial charge in [0.2, 0.25) is 5.75 Å². The van der Waals surface area contributed by atoms with Gasteiger partial charge < -0.3 is 9.64 Å². The van der Waals surface area contributed by atoms with Crippen LogP contribution in [0.15, 0.2) is 35.3 Å². The van der Waals surface area contributed by atoms with E-state index in [0.717, 1.165) is 21.4 Å². The number of hydrogen-bond donors (Lipinski definition) is 0. The van der Waals surface area contributed by atoms with Gasteiger partial charge in [-0.15, -0.1) is 0 Å². The molecule has 0 N–H and O–H groups in total. The second-order valence-electron chi connectivity index (χ2n) is 8.65. The first-order valence-corrected chi connectivity index (χ1v) is 11.3. The van der Waals surface area contributed by atoms with Crippen LogP contribution in [0.4, 0.5) is 28.9 Å². The van der Waals surface area contributed by atoms with E-state index in [1.54, 1.807) is 6.92 Å². The Morgan fingerprint density at radius 2 is 1.86 bits per heavy atom. The van der Waals surface area contributed by atoms with Crippen LogP contribution in [0.3, 0.4) is 0 Å². The number of carbonyl (C=O) groups is 1. The Balaban J connectivity index is 1.90. The van der Waals surface area contributed by atoms with E-state index >= 15 is 4.39 Å². The number of carbonyl (C=O) groups excluding carboxylic acids is 1. The lowest BCUT2D eigenvalue weighted by molar-refractivity contribution is -0.137. The average Bonchev–Trinajstić information content (AvgIpc) is 3.01. The summed E-state index contributed by atoms with van der Waals surface area (Å²) >= 11 is 5.47. The lowest BCUT2D eigenvalue weighted by atomic mass is 10.0. The number of methoxy groups -OCH3 is 1. The topological polar surface area (TPSA) is 90.9 Å². The highest BCUT2D eigenvalue weighted by atomic mass is 32.1. The molecule has 1 amide bonds. The number of aromatic nitrogens is 2. The van der Waals surface area contributed by atoms with Crippen LogP contribution in [0.5, 0.6) is 5.75 Å². The van der Waals surface area contributed by atoms with Crippen molar-refractivity contribution < 1.29 is 27.1 Å². The number of nitrogens with zero attached hydrogens (tertiary/aromatic N) is 5. The summed E-state index contributed by atoms with van der Waals surface area (Å²) < 4.78 is 61.9. The molecule has 1 aromatic carbocycles. The molecule has 4 rings (SSSR count). The molecular weight excluding hydrogens is 514 g/mol. The molecule has 0 bridgehead atoms. The van der Waals surface area contributed by atoms with Gasteiger partial charge in [0.15, 0.2) is 16.6 Å². The van der Waals surface area contributed by atoms with Crippen molar-refractivity contribution in [1.82, 2.24) is 9.38 Å². The number of hydrogen-bond acceptors (Lipinski definition) is 6. The average molecular weight is 534 g/mol. The third-order valence-electron chi connectivity index (χ3n) is 6.05. The standard InChI is InChI=1S/C24H19F4N5O3S/c1-5-17-18(36-4)20(34)31-11-14(9-16(25)19(31)30-17)33-22(37)32(21(35)23(33,2)3)13-7-6-12(10-29)15(8-13)24(26,27)28/h6-9,11H,5H2,1-4H3. The van der Waals surface area contributed by atoms with Crippen LogP contribution in [0.1, 0.15) is 37.6 Å². The number of ether oxygens (including phenoxy) is 1. The highest BCUT2D eigenvalue weighted by Gasteiger charge is 2.51. The zero-order valence-electron chi connectivity index (χ0n) is 20.0. The first-order chi connectivity index (χ1) is 17.3. The summed E-state index contributed by atoms with van der Waals surface area (Å²) in [5, 5.41) is 8.83. The first-order valence-electron chi connectivity index (χ1n) is 10.9. The zero-order chi connectivity index (χ0) is 27.4. The van der Waals surface area contributed by atoms with E-state index in [4.69, 9.17) is 22.2 Å². The van der Waals surface area contributed by atoms with Gasteiger partial charge in [0, 0.05) is 12.3 Å². The molecule has 3 aromatic rings. The SMILES string of the molecule is CCc1nc2c(F)cc(N3C(=S)N(c4ccc(C#N)c(C(F)(F)F)c4)C(=O)C3(C)C)cn2c(=O)c1OC.